The smallest absolute Gasteiger partial charge is 0.331 e. The molecule has 1 aliphatic carbocycles. The van der Waals surface area contributed by atoms with Crippen molar-refractivity contribution in [2.24, 2.45) is 58.7 Å². The molecule has 1 aromatic rings. The molecule has 0 aromatic heterocycles. The van der Waals surface area contributed by atoms with E-state index in [1.54, 1.807) is 52.0 Å². The van der Waals surface area contributed by atoms with Crippen molar-refractivity contribution in [3.05, 3.63) is 121 Å². The predicted molar refractivity (Wildman–Crippen MR) is 525 cm³/mol. The summed E-state index contributed by atoms with van der Waals surface area (Å²) in [4.78, 5) is 237. The van der Waals surface area contributed by atoms with Gasteiger partial charge in [-0.3, -0.25) is 33.6 Å². The molecule has 1 fully saturated rings. The Morgan fingerprint density at radius 2 is 0.531 bits per heavy atom. The summed E-state index contributed by atoms with van der Waals surface area (Å²) in [7, 11) is 7.30. The Morgan fingerprint density at radius 3 is 0.762 bits per heavy atom. The molecule has 0 heterocycles. The summed E-state index contributed by atoms with van der Waals surface area (Å²) < 4.78 is 65.8. The number of esters is 14. The maximum Gasteiger partial charge on any atom is 0.331 e. The fourth-order valence-corrected chi connectivity index (χ4v) is 9.97. The zero-order valence-electron chi connectivity index (χ0n) is 88.4. The van der Waals surface area contributed by atoms with Crippen LogP contribution in [0.2, 0.25) is 0 Å². The van der Waals surface area contributed by atoms with Gasteiger partial charge >= 0.3 is 83.6 Å². The van der Waals surface area contributed by atoms with Crippen LogP contribution in [0.4, 0.5) is 0 Å². The highest BCUT2D eigenvalue weighted by molar-refractivity contribution is 5.97. The van der Waals surface area contributed by atoms with E-state index in [1.165, 1.54) is 62.9 Å². The number of carbonyl (C=O) groups is 21. The Bertz CT molecular complexity index is 4320. The lowest BCUT2D eigenvalue weighted by Crippen LogP contribution is -2.46. The summed E-state index contributed by atoms with van der Waals surface area (Å²) in [6, 6.07) is 6.92. The van der Waals surface area contributed by atoms with Gasteiger partial charge in [0.2, 0.25) is 35.4 Å². The minimum Gasteiger partial charge on any atom is -0.466 e. The first-order valence-electron chi connectivity index (χ1n) is 46.5. The van der Waals surface area contributed by atoms with Crippen LogP contribution in [0.3, 0.4) is 0 Å². The van der Waals surface area contributed by atoms with Crippen LogP contribution in [0.1, 0.15) is 208 Å². The summed E-state index contributed by atoms with van der Waals surface area (Å²) in [5.41, 5.74) is 0.0251. The minimum absolute atomic E-state index is 0.0145. The molecule has 42 heteroatoms. The standard InChI is InChI=1S/C17H27NO5.C17H21NO5.C15H25NO5.C14H23NO5.2C13H21NO5.C12H19NO5/c2*1-12(2)14(11-23-16(20)10-9-15(19)22-3)18-17(21)13-7-5-4-6-8-13;1-10(2)11(16-14(19)15(3,4)5)9-21-13(18)8-7-12(17)20-6;1-9(2)11(15-14(18)10(3)4)8-20-13(17)7-6-12(16)19-5;1-5-11(15)14-10(9(2)3)8-19-13(17)7-6-12(16)18-4;1-5-18-12(16)6-7-13(17)19-8-11(9(2)3)14-10(4)15;1-8(2)10(13-9(3)14)7-18-12(16)6-5-11(15)17-4/h9-10,12-14H,4-8,11H2,1-3H3,(H,18,21);4-10,12,14H,11H2,1-3H3,(H,18,21);7-8,10-11H,9H2,1-6H3,(H,16,19);6-7,9-11H,8H2,1-5H3,(H,15,18);6-7,9-10H,5,8H2,1-4H3,(H,14,15);6-7,9,11H,5,8H2,1-4H3,(H,14,15);5-6,8,10H,7H2,1-4H3,(H,13,14)/b2*10-9+;8-7+;3*7-6+;6-5+/t2*14-;2*11-;10-;11-;10-/m1111111/s1. The Kier molecular flexibility index (Phi) is 77.9. The Morgan fingerprint density at radius 1 is 0.301 bits per heavy atom. The number of ether oxygens (including phenoxy) is 14. The van der Waals surface area contributed by atoms with Crippen LogP contribution in [0.25, 0.3) is 0 Å². The number of hydrogen-bond donors (Lipinski definition) is 7. The molecule has 0 spiro atoms. The third-order valence-corrected chi connectivity index (χ3v) is 19.4. The van der Waals surface area contributed by atoms with E-state index in [2.05, 4.69) is 70.4 Å². The highest BCUT2D eigenvalue weighted by Gasteiger charge is 2.30. The molecule has 0 aliphatic heterocycles. The van der Waals surface area contributed by atoms with Gasteiger partial charge in [-0.05, 0) is 73.3 Å². The zero-order valence-corrected chi connectivity index (χ0v) is 88.4. The van der Waals surface area contributed by atoms with Gasteiger partial charge in [0.1, 0.15) is 46.2 Å². The first-order valence-corrected chi connectivity index (χ1v) is 46.5. The number of amides is 7. The number of methoxy groups -OCH3 is 6. The van der Waals surface area contributed by atoms with E-state index in [-0.39, 0.29) is 190 Å². The highest BCUT2D eigenvalue weighted by atomic mass is 16.6. The van der Waals surface area contributed by atoms with Crippen molar-refractivity contribution < 1.29 is 167 Å². The fraction of sp³-hybridized carbons (Fsp3) is 0.594. The summed E-state index contributed by atoms with van der Waals surface area (Å²) in [5.74, 6) is -9.03. The van der Waals surface area contributed by atoms with Gasteiger partial charge in [0.25, 0.3) is 5.91 Å². The molecule has 0 saturated heterocycles. The lowest BCUT2D eigenvalue weighted by molar-refractivity contribution is -0.141. The van der Waals surface area contributed by atoms with Crippen LogP contribution in [0.15, 0.2) is 115 Å². The first kappa shape index (κ1) is 138. The first-order chi connectivity index (χ1) is 66.8. The number of benzene rings is 1. The summed E-state index contributed by atoms with van der Waals surface area (Å²) >= 11 is 0. The van der Waals surface area contributed by atoms with Crippen molar-refractivity contribution in [1.29, 1.82) is 0 Å². The number of nitrogens with one attached hydrogen (secondary N) is 7. The molecule has 806 valence electrons. The van der Waals surface area contributed by atoms with Gasteiger partial charge in [0, 0.05) is 128 Å². The van der Waals surface area contributed by atoms with E-state index in [0.29, 0.717) is 12.0 Å². The highest BCUT2D eigenvalue weighted by Crippen LogP contribution is 2.24. The van der Waals surface area contributed by atoms with Gasteiger partial charge in [0.05, 0.1) is 91.6 Å². The predicted octanol–water partition coefficient (Wildman–Crippen LogP) is 8.23. The van der Waals surface area contributed by atoms with Gasteiger partial charge in [-0.1, -0.05) is 176 Å². The third kappa shape index (κ3) is 76.7. The van der Waals surface area contributed by atoms with E-state index in [4.69, 9.17) is 33.2 Å². The second-order valence-corrected chi connectivity index (χ2v) is 35.0. The maximum atomic E-state index is 12.3. The van der Waals surface area contributed by atoms with Crippen molar-refractivity contribution >= 4 is 125 Å². The molecule has 7 atom stereocenters. The Labute approximate surface area is 840 Å². The quantitative estimate of drug-likeness (QED) is 0.0183. The van der Waals surface area contributed by atoms with Crippen LogP contribution in [0.5, 0.6) is 0 Å². The third-order valence-electron chi connectivity index (χ3n) is 19.4. The van der Waals surface area contributed by atoms with Gasteiger partial charge in [-0.15, -0.1) is 0 Å². The van der Waals surface area contributed by atoms with Crippen molar-refractivity contribution in [2.75, 3.05) is 95.5 Å². The normalized spacial score (nSPS) is 13.2. The SMILES string of the molecule is CCC(=O)N[C@H](COC(=O)/C=C/C(=O)OC)C(C)C.CCOC(=O)/C=C/C(=O)OC[C@@H](NC(C)=O)C(C)C.COC(=O)/C=C/C(=O)OC[C@@H](NC(=O)C(C)(C)C)C(C)C.COC(=O)/C=C/C(=O)OC[C@@H](NC(=O)C(C)C)C(C)C.COC(=O)/C=C/C(=O)OC[C@@H](NC(=O)C1CCCCC1)C(C)C.COC(=O)/C=C/C(=O)OC[C@@H](NC(=O)c1ccccc1)C(C)C.COC(=O)/C=C/C(=O)OC[C@@H](NC(C)=O)C(C)C. The average molecular weight is 2030 g/mol. The van der Waals surface area contributed by atoms with Gasteiger partial charge in [-0.2, -0.15) is 0 Å². The lowest BCUT2D eigenvalue weighted by atomic mass is 9.88. The van der Waals surface area contributed by atoms with Crippen LogP contribution >= 0.6 is 0 Å². The lowest BCUT2D eigenvalue weighted by Gasteiger charge is -2.26. The van der Waals surface area contributed by atoms with E-state index >= 15 is 0 Å². The molecule has 0 unspecified atom stereocenters. The molecule has 1 saturated carbocycles. The van der Waals surface area contributed by atoms with Crippen LogP contribution in [-0.2, 0) is 162 Å². The molecule has 0 bridgehead atoms. The molecule has 1 aromatic carbocycles. The zero-order chi connectivity index (χ0) is 111. The van der Waals surface area contributed by atoms with E-state index in [0.717, 1.165) is 111 Å². The van der Waals surface area contributed by atoms with E-state index in [1.807, 2.05) is 124 Å². The van der Waals surface area contributed by atoms with Crippen LogP contribution in [0, 0.1) is 58.7 Å². The van der Waals surface area contributed by atoms with Crippen molar-refractivity contribution in [3.63, 3.8) is 0 Å². The number of carbonyl (C=O) groups excluding carboxylic acids is 21. The molecule has 7 amide bonds. The molecular weight excluding hydrogens is 1870 g/mol. The van der Waals surface area contributed by atoms with E-state index < -0.39 is 89.0 Å². The van der Waals surface area contributed by atoms with E-state index in [9.17, 15) is 101 Å². The van der Waals surface area contributed by atoms with Gasteiger partial charge < -0.3 is 104 Å². The molecule has 143 heavy (non-hydrogen) atoms. The average Bonchev–Trinajstić information content (AvgIpc) is 0.889. The van der Waals surface area contributed by atoms with Gasteiger partial charge in [-0.25, -0.2) is 67.1 Å². The maximum absolute atomic E-state index is 12.3. The largest absolute Gasteiger partial charge is 0.466 e. The summed E-state index contributed by atoms with van der Waals surface area (Å²) in [6.45, 7) is 42.7. The minimum atomic E-state index is -0.671. The second kappa shape index (κ2) is 80.9. The number of rotatable bonds is 47. The Balaban J connectivity index is -0.000000519. The van der Waals surface area contributed by atoms with Gasteiger partial charge in [0.15, 0.2) is 0 Å². The molecule has 1 aliphatic rings. The number of hydrogen-bond acceptors (Lipinski definition) is 35. The molecule has 0 radical (unpaired) electrons. The molecular formula is C101H157N7O35. The van der Waals surface area contributed by atoms with Crippen LogP contribution < -0.4 is 37.2 Å². The molecule has 2 rings (SSSR count). The topological polar surface area (TPSA) is 572 Å². The van der Waals surface area contributed by atoms with Crippen molar-refractivity contribution in [3.8, 4) is 0 Å². The summed E-state index contributed by atoms with van der Waals surface area (Å²) in [5, 5.41) is 19.6. The van der Waals surface area contributed by atoms with Crippen LogP contribution in [-0.4, -0.2) is 263 Å². The second-order valence-electron chi connectivity index (χ2n) is 35.0. The Hall–Kier alpha value is -13.7. The molecule has 42 nitrogen and oxygen atoms in total. The molecule has 7 N–H and O–H groups in total. The van der Waals surface area contributed by atoms with Crippen molar-refractivity contribution in [1.82, 2.24) is 37.2 Å². The fourth-order valence-electron chi connectivity index (χ4n) is 9.97. The van der Waals surface area contributed by atoms with Crippen molar-refractivity contribution in [2.45, 2.75) is 240 Å². The summed E-state index contributed by atoms with van der Waals surface area (Å²) in [6.07, 6.45) is 19.5. The monoisotopic (exact) mass is 2030 g/mol.